The van der Waals surface area contributed by atoms with Crippen LogP contribution in [0.5, 0.6) is 11.6 Å². The molecule has 0 fully saturated rings. The predicted octanol–water partition coefficient (Wildman–Crippen LogP) is 3.12. The van der Waals surface area contributed by atoms with E-state index in [1.54, 1.807) is 12.1 Å². The zero-order valence-corrected chi connectivity index (χ0v) is 15.9. The van der Waals surface area contributed by atoms with Gasteiger partial charge in [-0.05, 0) is 41.3 Å². The maximum Gasteiger partial charge on any atom is 0.304 e. The molecular weight excluding hydrogens is 389 g/mol. The van der Waals surface area contributed by atoms with Crippen molar-refractivity contribution in [1.82, 2.24) is 4.98 Å². The molecule has 3 rings (SSSR count). The monoisotopic (exact) mass is 409 g/mol. The SMILES string of the molecule is NC(=O)c1cnc(Oc2ccc(-c3ccccc3)cc2CC(N)CC(=O)O)c(F)c1. The van der Waals surface area contributed by atoms with Gasteiger partial charge < -0.3 is 21.3 Å². The van der Waals surface area contributed by atoms with Crippen LogP contribution in [0.1, 0.15) is 22.3 Å². The number of aromatic nitrogens is 1. The maximum atomic E-state index is 14.3. The van der Waals surface area contributed by atoms with Crippen LogP contribution in [0.3, 0.4) is 0 Å². The number of hydrogen-bond donors (Lipinski definition) is 3. The summed E-state index contributed by atoms with van der Waals surface area (Å²) in [7, 11) is 0. The third-order valence-corrected chi connectivity index (χ3v) is 4.39. The zero-order valence-electron chi connectivity index (χ0n) is 15.9. The number of carbonyl (C=O) groups is 2. The number of carboxylic acid groups (broad SMARTS) is 1. The van der Waals surface area contributed by atoms with Gasteiger partial charge in [-0.3, -0.25) is 9.59 Å². The van der Waals surface area contributed by atoms with Gasteiger partial charge in [0.2, 0.25) is 5.91 Å². The highest BCUT2D eigenvalue weighted by Crippen LogP contribution is 2.31. The quantitative estimate of drug-likeness (QED) is 0.524. The first kappa shape index (κ1) is 20.9. The van der Waals surface area contributed by atoms with E-state index in [1.165, 1.54) is 0 Å². The van der Waals surface area contributed by atoms with Crippen LogP contribution >= 0.6 is 0 Å². The van der Waals surface area contributed by atoms with Crippen LogP contribution in [0.25, 0.3) is 11.1 Å². The molecule has 0 radical (unpaired) electrons. The minimum absolute atomic E-state index is 0.0806. The normalized spacial score (nSPS) is 11.7. The number of amides is 1. The standard InChI is InChI=1S/C22H20FN3O4/c23-18-10-16(21(25)29)12-26-22(18)30-19-7-6-14(13-4-2-1-3-5-13)8-15(19)9-17(24)11-20(27)28/h1-8,10,12,17H,9,11,24H2,(H2,25,29)(H,27,28). The van der Waals surface area contributed by atoms with Crippen LogP contribution in [0, 0.1) is 5.82 Å². The lowest BCUT2D eigenvalue weighted by molar-refractivity contribution is -0.137. The van der Waals surface area contributed by atoms with Gasteiger partial charge in [0.15, 0.2) is 5.82 Å². The van der Waals surface area contributed by atoms with E-state index in [0.29, 0.717) is 5.56 Å². The molecule has 3 aromatic rings. The molecule has 0 saturated carbocycles. The second-order valence-corrected chi connectivity index (χ2v) is 6.73. The van der Waals surface area contributed by atoms with Crippen molar-refractivity contribution < 1.29 is 23.8 Å². The summed E-state index contributed by atoms with van der Waals surface area (Å²) in [5, 5.41) is 9.00. The number of rotatable bonds is 8. The number of primary amides is 1. The third-order valence-electron chi connectivity index (χ3n) is 4.39. The van der Waals surface area contributed by atoms with Crippen LogP contribution in [0.15, 0.2) is 60.8 Å². The number of nitrogens with zero attached hydrogens (tertiary/aromatic N) is 1. The Balaban J connectivity index is 1.96. The Kier molecular flexibility index (Phi) is 6.38. The number of pyridine rings is 1. The van der Waals surface area contributed by atoms with Crippen LogP contribution < -0.4 is 16.2 Å². The van der Waals surface area contributed by atoms with Crippen LogP contribution in [-0.2, 0) is 11.2 Å². The molecule has 1 aromatic heterocycles. The number of hydrogen-bond acceptors (Lipinski definition) is 5. The molecule has 0 aliphatic carbocycles. The second-order valence-electron chi connectivity index (χ2n) is 6.73. The van der Waals surface area contributed by atoms with Gasteiger partial charge in [0.05, 0.1) is 12.0 Å². The molecule has 2 aromatic carbocycles. The summed E-state index contributed by atoms with van der Waals surface area (Å²) in [6.07, 6.45) is 1.09. The van der Waals surface area contributed by atoms with Crippen LogP contribution in [0.4, 0.5) is 4.39 Å². The first-order chi connectivity index (χ1) is 14.3. The van der Waals surface area contributed by atoms with Gasteiger partial charge in [-0.2, -0.15) is 0 Å². The van der Waals surface area contributed by atoms with Crippen LogP contribution in [0.2, 0.25) is 0 Å². The molecular formula is C22H20FN3O4. The molecule has 0 aliphatic rings. The van der Waals surface area contributed by atoms with Gasteiger partial charge in [-0.25, -0.2) is 9.37 Å². The van der Waals surface area contributed by atoms with Crippen molar-refractivity contribution in [3.63, 3.8) is 0 Å². The van der Waals surface area contributed by atoms with Crippen molar-refractivity contribution in [3.8, 4) is 22.8 Å². The van der Waals surface area contributed by atoms with Gasteiger partial charge in [-0.15, -0.1) is 0 Å². The fraction of sp³-hybridized carbons (Fsp3) is 0.136. The van der Waals surface area contributed by atoms with Crippen LogP contribution in [-0.4, -0.2) is 28.0 Å². The van der Waals surface area contributed by atoms with E-state index in [2.05, 4.69) is 4.98 Å². The van der Waals surface area contributed by atoms with Gasteiger partial charge in [0, 0.05) is 12.2 Å². The number of nitrogens with two attached hydrogens (primary N) is 2. The largest absolute Gasteiger partial charge is 0.481 e. The predicted molar refractivity (Wildman–Crippen MR) is 109 cm³/mol. The summed E-state index contributed by atoms with van der Waals surface area (Å²) in [6, 6.07) is 15.1. The van der Waals surface area contributed by atoms with Crippen molar-refractivity contribution in [2.24, 2.45) is 11.5 Å². The van der Waals surface area contributed by atoms with E-state index in [-0.39, 0.29) is 30.0 Å². The molecule has 8 heteroatoms. The summed E-state index contributed by atoms with van der Waals surface area (Å²) in [6.45, 7) is 0. The van der Waals surface area contributed by atoms with Crippen molar-refractivity contribution in [2.75, 3.05) is 0 Å². The summed E-state index contributed by atoms with van der Waals surface area (Å²) < 4.78 is 19.9. The topological polar surface area (TPSA) is 129 Å². The molecule has 7 nitrogen and oxygen atoms in total. The molecule has 154 valence electrons. The fourth-order valence-electron chi connectivity index (χ4n) is 2.97. The van der Waals surface area contributed by atoms with E-state index in [4.69, 9.17) is 21.3 Å². The molecule has 1 atom stereocenters. The molecule has 0 bridgehead atoms. The lowest BCUT2D eigenvalue weighted by Gasteiger charge is -2.16. The average molecular weight is 409 g/mol. The number of carboxylic acids is 1. The molecule has 0 spiro atoms. The molecule has 1 unspecified atom stereocenters. The number of ether oxygens (including phenoxy) is 1. The smallest absolute Gasteiger partial charge is 0.304 e. The Morgan fingerprint density at radius 2 is 1.83 bits per heavy atom. The van der Waals surface area contributed by atoms with E-state index in [0.717, 1.165) is 23.4 Å². The Morgan fingerprint density at radius 3 is 2.47 bits per heavy atom. The molecule has 5 N–H and O–H groups in total. The lowest BCUT2D eigenvalue weighted by Crippen LogP contribution is -2.26. The summed E-state index contributed by atoms with van der Waals surface area (Å²) in [4.78, 5) is 26.0. The number of halogens is 1. The third kappa shape index (κ3) is 5.18. The Morgan fingerprint density at radius 1 is 1.10 bits per heavy atom. The molecule has 1 heterocycles. The number of benzene rings is 2. The number of aliphatic carboxylic acids is 1. The van der Waals surface area contributed by atoms with Crippen molar-refractivity contribution in [1.29, 1.82) is 0 Å². The molecule has 1 amide bonds. The molecule has 30 heavy (non-hydrogen) atoms. The highest BCUT2D eigenvalue weighted by Gasteiger charge is 2.17. The van der Waals surface area contributed by atoms with E-state index >= 15 is 0 Å². The van der Waals surface area contributed by atoms with Gasteiger partial charge in [0.25, 0.3) is 5.88 Å². The summed E-state index contributed by atoms with van der Waals surface area (Å²) in [5.74, 6) is -2.71. The molecule has 0 saturated heterocycles. The van der Waals surface area contributed by atoms with Crippen molar-refractivity contribution in [3.05, 3.63) is 77.7 Å². The molecule has 0 aliphatic heterocycles. The fourth-order valence-corrected chi connectivity index (χ4v) is 2.97. The maximum absolute atomic E-state index is 14.3. The lowest BCUT2D eigenvalue weighted by atomic mass is 9.97. The highest BCUT2D eigenvalue weighted by molar-refractivity contribution is 5.92. The summed E-state index contributed by atoms with van der Waals surface area (Å²) >= 11 is 0. The Labute approximate surface area is 172 Å². The zero-order chi connectivity index (χ0) is 21.7. The Bertz CT molecular complexity index is 1070. The average Bonchev–Trinajstić information content (AvgIpc) is 2.70. The first-order valence-electron chi connectivity index (χ1n) is 9.12. The van der Waals surface area contributed by atoms with Gasteiger partial charge in [0.1, 0.15) is 5.75 Å². The van der Waals surface area contributed by atoms with Gasteiger partial charge in [-0.1, -0.05) is 36.4 Å². The minimum atomic E-state index is -1.01. The first-order valence-corrected chi connectivity index (χ1v) is 9.12. The summed E-state index contributed by atoms with van der Waals surface area (Å²) in [5.41, 5.74) is 13.4. The van der Waals surface area contributed by atoms with Gasteiger partial charge >= 0.3 is 5.97 Å². The minimum Gasteiger partial charge on any atom is -0.481 e. The van der Waals surface area contributed by atoms with E-state index < -0.39 is 23.7 Å². The Hall–Kier alpha value is -3.78. The second kappa shape index (κ2) is 9.15. The van der Waals surface area contributed by atoms with E-state index in [1.807, 2.05) is 36.4 Å². The van der Waals surface area contributed by atoms with Crippen molar-refractivity contribution >= 4 is 11.9 Å². The van der Waals surface area contributed by atoms with Crippen molar-refractivity contribution in [2.45, 2.75) is 18.9 Å². The number of carbonyl (C=O) groups excluding carboxylic acids is 1. The highest BCUT2D eigenvalue weighted by atomic mass is 19.1. The van der Waals surface area contributed by atoms with E-state index in [9.17, 15) is 14.0 Å².